The maximum atomic E-state index is 13.6. The highest BCUT2D eigenvalue weighted by molar-refractivity contribution is 7.14. The van der Waals surface area contributed by atoms with Crippen LogP contribution in [0.3, 0.4) is 0 Å². The lowest BCUT2D eigenvalue weighted by Gasteiger charge is -2.15. The molecule has 3 aromatic rings. The van der Waals surface area contributed by atoms with Crippen molar-refractivity contribution in [2.24, 2.45) is 0 Å². The molecule has 4 nitrogen and oxygen atoms in total. The molecule has 2 heterocycles. The largest absolute Gasteiger partial charge is 0.493 e. The average Bonchev–Trinajstić information content (AvgIpc) is 3.26. The summed E-state index contributed by atoms with van der Waals surface area (Å²) in [5, 5.41) is 4.64. The van der Waals surface area contributed by atoms with Crippen molar-refractivity contribution < 1.29 is 31.1 Å². The summed E-state index contributed by atoms with van der Waals surface area (Å²) in [5.41, 5.74) is -1.09. The number of nitrogens with zero attached hydrogens (tertiary/aromatic N) is 2. The van der Waals surface area contributed by atoms with Crippen molar-refractivity contribution in [2.75, 3.05) is 11.9 Å². The third kappa shape index (κ3) is 7.84. The number of alkyl halides is 6. The van der Waals surface area contributed by atoms with E-state index in [4.69, 9.17) is 4.74 Å². The van der Waals surface area contributed by atoms with Crippen molar-refractivity contribution in [3.05, 3.63) is 53.0 Å². The number of hydrogen-bond donors (Lipinski definition) is 1. The van der Waals surface area contributed by atoms with Gasteiger partial charge in [0.25, 0.3) is 0 Å². The number of rotatable bonds is 11. The van der Waals surface area contributed by atoms with Crippen molar-refractivity contribution in [3.63, 3.8) is 0 Å². The quantitative estimate of drug-likeness (QED) is 0.204. The van der Waals surface area contributed by atoms with Crippen LogP contribution >= 0.6 is 11.3 Å². The molecule has 0 aliphatic rings. The first-order chi connectivity index (χ1) is 16.6. The second kappa shape index (κ2) is 11.7. The maximum Gasteiger partial charge on any atom is 0.420 e. The normalized spacial score (nSPS) is 12.1. The smallest absolute Gasteiger partial charge is 0.420 e. The van der Waals surface area contributed by atoms with E-state index in [0.717, 1.165) is 55.6 Å². The van der Waals surface area contributed by atoms with E-state index in [1.165, 1.54) is 18.2 Å². The monoisotopic (exact) mass is 517 g/mol. The van der Waals surface area contributed by atoms with Gasteiger partial charge in [-0.15, -0.1) is 11.3 Å². The van der Waals surface area contributed by atoms with Crippen molar-refractivity contribution in [2.45, 2.75) is 57.8 Å². The molecule has 2 aromatic heterocycles. The minimum Gasteiger partial charge on any atom is -0.493 e. The summed E-state index contributed by atoms with van der Waals surface area (Å²) in [5.74, 6) is -0.231. The summed E-state index contributed by atoms with van der Waals surface area (Å²) in [6, 6.07) is 5.78. The van der Waals surface area contributed by atoms with E-state index in [1.807, 2.05) is 0 Å². The fourth-order valence-electron chi connectivity index (χ4n) is 3.30. The molecule has 0 saturated heterocycles. The Balaban J connectivity index is 1.66. The SMILES string of the molecule is CCCCCCCCOc1ccc(Nc2nc(-c3ccc(C(F)(F)F)cn3)cs2)cc1C(F)(F)F. The van der Waals surface area contributed by atoms with Gasteiger partial charge in [-0.1, -0.05) is 39.0 Å². The van der Waals surface area contributed by atoms with Crippen LogP contribution in [-0.2, 0) is 12.4 Å². The summed E-state index contributed by atoms with van der Waals surface area (Å²) in [4.78, 5) is 8.01. The summed E-state index contributed by atoms with van der Waals surface area (Å²) < 4.78 is 84.4. The number of unbranched alkanes of at least 4 members (excludes halogenated alkanes) is 5. The summed E-state index contributed by atoms with van der Waals surface area (Å²) in [6.45, 7) is 2.32. The van der Waals surface area contributed by atoms with E-state index in [1.54, 1.807) is 5.38 Å². The standard InChI is InChI=1S/C24H25F6N3OS/c1-2-3-4-5-6-7-12-34-21-11-9-17(13-18(21)24(28,29)30)32-22-33-20(15-35-22)19-10-8-16(14-31-19)23(25,26)27/h8-11,13-15H,2-7,12H2,1H3,(H,32,33). The van der Waals surface area contributed by atoms with Crippen LogP contribution in [-0.4, -0.2) is 16.6 Å². The van der Waals surface area contributed by atoms with Crippen LogP contribution in [0.1, 0.15) is 56.6 Å². The zero-order valence-corrected chi connectivity index (χ0v) is 19.8. The van der Waals surface area contributed by atoms with Gasteiger partial charge in [-0.25, -0.2) is 4.98 Å². The molecule has 0 spiro atoms. The molecular formula is C24H25F6N3OS. The van der Waals surface area contributed by atoms with Crippen LogP contribution in [0.4, 0.5) is 37.2 Å². The minimum absolute atomic E-state index is 0.158. The Bertz CT molecular complexity index is 1080. The van der Waals surface area contributed by atoms with Crippen LogP contribution < -0.4 is 10.1 Å². The fraction of sp³-hybridized carbons (Fsp3) is 0.417. The number of ether oxygens (including phenoxy) is 1. The van der Waals surface area contributed by atoms with E-state index in [9.17, 15) is 26.3 Å². The summed E-state index contributed by atoms with van der Waals surface area (Å²) in [6.07, 6.45) is -2.40. The average molecular weight is 518 g/mol. The van der Waals surface area contributed by atoms with Gasteiger partial charge in [-0.2, -0.15) is 26.3 Å². The van der Waals surface area contributed by atoms with Crippen LogP contribution in [0.25, 0.3) is 11.4 Å². The van der Waals surface area contributed by atoms with Crippen LogP contribution in [0.15, 0.2) is 41.9 Å². The van der Waals surface area contributed by atoms with Crippen LogP contribution in [0, 0.1) is 0 Å². The molecule has 0 aliphatic carbocycles. The zero-order chi connectivity index (χ0) is 25.5. The van der Waals surface area contributed by atoms with Crippen LogP contribution in [0.5, 0.6) is 5.75 Å². The second-order valence-corrected chi connectivity index (χ2v) is 8.78. The summed E-state index contributed by atoms with van der Waals surface area (Å²) in [7, 11) is 0. The van der Waals surface area contributed by atoms with Gasteiger partial charge in [0.15, 0.2) is 5.13 Å². The Hall–Kier alpha value is -2.82. The second-order valence-electron chi connectivity index (χ2n) is 7.92. The van der Waals surface area contributed by atoms with Gasteiger partial charge in [0.05, 0.1) is 23.4 Å². The van der Waals surface area contributed by atoms with Gasteiger partial charge in [-0.05, 0) is 36.8 Å². The topological polar surface area (TPSA) is 47.0 Å². The molecule has 0 radical (unpaired) electrons. The van der Waals surface area contributed by atoms with Crippen LogP contribution in [0.2, 0.25) is 0 Å². The first-order valence-electron chi connectivity index (χ1n) is 11.2. The molecule has 0 aliphatic heterocycles. The third-order valence-corrected chi connectivity index (χ3v) is 5.91. The lowest BCUT2D eigenvalue weighted by atomic mass is 10.1. The molecule has 0 amide bonds. The fourth-order valence-corrected chi connectivity index (χ4v) is 4.03. The highest BCUT2D eigenvalue weighted by Gasteiger charge is 2.35. The number of thiazole rings is 1. The van der Waals surface area contributed by atoms with E-state index in [2.05, 4.69) is 22.2 Å². The molecule has 0 atom stereocenters. The molecule has 35 heavy (non-hydrogen) atoms. The first-order valence-corrected chi connectivity index (χ1v) is 12.1. The maximum absolute atomic E-state index is 13.6. The number of nitrogens with one attached hydrogen (secondary N) is 1. The van der Waals surface area contributed by atoms with E-state index in [0.29, 0.717) is 18.3 Å². The molecule has 0 saturated carbocycles. The highest BCUT2D eigenvalue weighted by Crippen LogP contribution is 2.39. The van der Waals surface area contributed by atoms with Gasteiger partial charge in [-0.3, -0.25) is 4.98 Å². The number of pyridine rings is 1. The predicted octanol–water partition coefficient (Wildman–Crippen LogP) is 8.73. The van der Waals surface area contributed by atoms with Gasteiger partial charge in [0, 0.05) is 17.3 Å². The van der Waals surface area contributed by atoms with Gasteiger partial charge >= 0.3 is 12.4 Å². The Labute approximate surface area is 203 Å². The molecule has 0 fully saturated rings. The highest BCUT2D eigenvalue weighted by atomic mass is 32.1. The number of benzene rings is 1. The van der Waals surface area contributed by atoms with Crippen molar-refractivity contribution in [1.82, 2.24) is 9.97 Å². The Kier molecular flexibility index (Phi) is 8.98. The van der Waals surface area contributed by atoms with E-state index >= 15 is 0 Å². The summed E-state index contributed by atoms with van der Waals surface area (Å²) >= 11 is 1.09. The third-order valence-electron chi connectivity index (χ3n) is 5.15. The molecule has 11 heteroatoms. The number of aromatic nitrogens is 2. The van der Waals surface area contributed by atoms with Crippen molar-refractivity contribution in [1.29, 1.82) is 0 Å². The van der Waals surface area contributed by atoms with E-state index < -0.39 is 23.5 Å². The lowest BCUT2D eigenvalue weighted by molar-refractivity contribution is -0.139. The molecule has 0 unspecified atom stereocenters. The Morgan fingerprint density at radius 2 is 1.63 bits per heavy atom. The number of anilines is 2. The molecule has 1 N–H and O–H groups in total. The van der Waals surface area contributed by atoms with Gasteiger partial charge in [0.1, 0.15) is 11.4 Å². The molecule has 3 rings (SSSR count). The molecule has 1 aromatic carbocycles. The van der Waals surface area contributed by atoms with E-state index in [-0.39, 0.29) is 28.9 Å². The Morgan fingerprint density at radius 3 is 2.29 bits per heavy atom. The molecule has 190 valence electrons. The zero-order valence-electron chi connectivity index (χ0n) is 19.0. The minimum atomic E-state index is -4.60. The van der Waals surface area contributed by atoms with Crippen molar-refractivity contribution in [3.8, 4) is 17.1 Å². The molecule has 0 bridgehead atoms. The van der Waals surface area contributed by atoms with Gasteiger partial charge < -0.3 is 10.1 Å². The first kappa shape index (κ1) is 26.8. The predicted molar refractivity (Wildman–Crippen MR) is 124 cm³/mol. The van der Waals surface area contributed by atoms with Crippen molar-refractivity contribution >= 4 is 22.2 Å². The number of hydrogen-bond acceptors (Lipinski definition) is 5. The van der Waals surface area contributed by atoms with Gasteiger partial charge in [0.2, 0.25) is 0 Å². The Morgan fingerprint density at radius 1 is 0.886 bits per heavy atom. The molecular weight excluding hydrogens is 492 g/mol. The lowest BCUT2D eigenvalue weighted by Crippen LogP contribution is -2.10. The number of halogens is 6.